The zero-order chi connectivity index (χ0) is 18.0. The smallest absolute Gasteiger partial charge is 0.252 e. The second-order valence-electron chi connectivity index (χ2n) is 6.91. The molecule has 2 aromatic rings. The zero-order valence-electron chi connectivity index (χ0n) is 14.3. The van der Waals surface area contributed by atoms with Gasteiger partial charge in [0, 0.05) is 12.0 Å². The highest BCUT2D eigenvalue weighted by molar-refractivity contribution is 5.82. The minimum Gasteiger partial charge on any atom is -0.485 e. The number of aliphatic hydroxyl groups excluding tert-OH is 1. The summed E-state index contributed by atoms with van der Waals surface area (Å²) in [7, 11) is 0. The van der Waals surface area contributed by atoms with Crippen LogP contribution in [-0.4, -0.2) is 27.8 Å². The highest BCUT2D eigenvalue weighted by Crippen LogP contribution is 2.40. The minimum atomic E-state index is -1.51. The van der Waals surface area contributed by atoms with E-state index in [9.17, 15) is 15.0 Å². The van der Waals surface area contributed by atoms with Gasteiger partial charge in [0.15, 0.2) is 6.10 Å². The number of nitrogens with one attached hydrogen (secondary N) is 1. The van der Waals surface area contributed by atoms with Gasteiger partial charge in [-0.25, -0.2) is 0 Å². The van der Waals surface area contributed by atoms with Gasteiger partial charge in [-0.05, 0) is 25.5 Å². The van der Waals surface area contributed by atoms with E-state index >= 15 is 0 Å². The average Bonchev–Trinajstić information content (AvgIpc) is 2.61. The first-order valence-electron chi connectivity index (χ1n) is 8.37. The summed E-state index contributed by atoms with van der Waals surface area (Å²) in [6, 6.07) is 17.1. The van der Waals surface area contributed by atoms with Crippen molar-refractivity contribution in [2.45, 2.75) is 44.1 Å². The molecule has 3 N–H and O–H groups in total. The van der Waals surface area contributed by atoms with E-state index in [2.05, 4.69) is 5.32 Å². The number of ether oxygens (including phenoxy) is 1. The van der Waals surface area contributed by atoms with Crippen LogP contribution >= 0.6 is 0 Å². The fourth-order valence-electron chi connectivity index (χ4n) is 3.00. The number of fused-ring (bicyclic) bond motifs is 1. The second kappa shape index (κ2) is 6.86. The Balaban J connectivity index is 1.86. The molecule has 132 valence electrons. The molecule has 0 radical (unpaired) electrons. The van der Waals surface area contributed by atoms with Gasteiger partial charge in [0.1, 0.15) is 11.9 Å². The number of aliphatic hydroxyl groups is 2. The molecule has 1 aliphatic rings. The SMILES string of the molecule is CC(C)(O)C(O)C(=O)N[C@@H]1C[C@@H](c2ccccc2)Oc2ccccc21. The molecular formula is C20H23NO4. The molecule has 5 heteroatoms. The summed E-state index contributed by atoms with van der Waals surface area (Å²) in [5.41, 5.74) is 0.387. The van der Waals surface area contributed by atoms with Gasteiger partial charge in [-0.2, -0.15) is 0 Å². The first kappa shape index (κ1) is 17.5. The number of amides is 1. The maximum absolute atomic E-state index is 12.3. The average molecular weight is 341 g/mol. The fourth-order valence-corrected chi connectivity index (χ4v) is 3.00. The third-order valence-electron chi connectivity index (χ3n) is 4.42. The van der Waals surface area contributed by atoms with Crippen molar-refractivity contribution in [3.63, 3.8) is 0 Å². The van der Waals surface area contributed by atoms with Crippen LogP contribution in [0.2, 0.25) is 0 Å². The topological polar surface area (TPSA) is 78.8 Å². The Hall–Kier alpha value is -2.37. The predicted octanol–water partition coefficient (Wildman–Crippen LogP) is 2.50. The van der Waals surface area contributed by atoms with Crippen LogP contribution in [0.15, 0.2) is 54.6 Å². The molecule has 0 saturated heterocycles. The molecule has 0 aromatic heterocycles. The van der Waals surface area contributed by atoms with Crippen LogP contribution in [-0.2, 0) is 4.79 Å². The molecule has 2 aromatic carbocycles. The van der Waals surface area contributed by atoms with Gasteiger partial charge < -0.3 is 20.3 Å². The van der Waals surface area contributed by atoms with Crippen LogP contribution < -0.4 is 10.1 Å². The number of carbonyl (C=O) groups is 1. The van der Waals surface area contributed by atoms with Crippen LogP contribution in [0.3, 0.4) is 0 Å². The van der Waals surface area contributed by atoms with E-state index in [1.165, 1.54) is 13.8 Å². The molecule has 1 amide bonds. The number of carbonyl (C=O) groups excluding carboxylic acids is 1. The van der Waals surface area contributed by atoms with Crippen molar-refractivity contribution >= 4 is 5.91 Å². The lowest BCUT2D eigenvalue weighted by molar-refractivity contribution is -0.142. The summed E-state index contributed by atoms with van der Waals surface area (Å²) < 4.78 is 6.09. The maximum atomic E-state index is 12.3. The van der Waals surface area contributed by atoms with Crippen LogP contribution in [0.5, 0.6) is 5.75 Å². The summed E-state index contributed by atoms with van der Waals surface area (Å²) in [4.78, 5) is 12.3. The monoisotopic (exact) mass is 341 g/mol. The molecule has 25 heavy (non-hydrogen) atoms. The van der Waals surface area contributed by atoms with E-state index in [1.54, 1.807) is 0 Å². The quantitative estimate of drug-likeness (QED) is 0.798. The predicted molar refractivity (Wildman–Crippen MR) is 94.1 cm³/mol. The highest BCUT2D eigenvalue weighted by atomic mass is 16.5. The Morgan fingerprint density at radius 2 is 1.80 bits per heavy atom. The minimum absolute atomic E-state index is 0.194. The summed E-state index contributed by atoms with van der Waals surface area (Å²) in [6.45, 7) is 2.81. The molecule has 0 spiro atoms. The van der Waals surface area contributed by atoms with Gasteiger partial charge in [-0.15, -0.1) is 0 Å². The van der Waals surface area contributed by atoms with E-state index in [0.29, 0.717) is 12.2 Å². The maximum Gasteiger partial charge on any atom is 0.252 e. The third kappa shape index (κ3) is 3.83. The lowest BCUT2D eigenvalue weighted by Gasteiger charge is -2.34. The Labute approximate surface area is 147 Å². The van der Waals surface area contributed by atoms with Crippen molar-refractivity contribution in [2.75, 3.05) is 0 Å². The van der Waals surface area contributed by atoms with Gasteiger partial charge in [0.05, 0.1) is 11.6 Å². The number of benzene rings is 2. The lowest BCUT2D eigenvalue weighted by Crippen LogP contribution is -2.49. The van der Waals surface area contributed by atoms with E-state index in [0.717, 1.165) is 11.1 Å². The first-order valence-corrected chi connectivity index (χ1v) is 8.37. The molecular weight excluding hydrogens is 318 g/mol. The summed E-state index contributed by atoms with van der Waals surface area (Å²) >= 11 is 0. The van der Waals surface area contributed by atoms with Crippen molar-refractivity contribution in [1.29, 1.82) is 0 Å². The van der Waals surface area contributed by atoms with Gasteiger partial charge >= 0.3 is 0 Å². The van der Waals surface area contributed by atoms with Crippen molar-refractivity contribution in [3.05, 3.63) is 65.7 Å². The summed E-state index contributed by atoms with van der Waals surface area (Å²) in [6.07, 6.45) is -1.15. The van der Waals surface area contributed by atoms with Gasteiger partial charge in [0.25, 0.3) is 5.91 Å². The van der Waals surface area contributed by atoms with Crippen LogP contribution in [0.25, 0.3) is 0 Å². The number of rotatable bonds is 4. The number of hydrogen-bond donors (Lipinski definition) is 3. The summed E-state index contributed by atoms with van der Waals surface area (Å²) in [5, 5.41) is 22.8. The van der Waals surface area contributed by atoms with Gasteiger partial charge in [0.2, 0.25) is 0 Å². The summed E-state index contributed by atoms with van der Waals surface area (Å²) in [5.74, 6) is 0.117. The van der Waals surface area contributed by atoms with E-state index in [4.69, 9.17) is 4.74 Å². The standard InChI is InChI=1S/C20H23NO4/c1-20(2,24)18(22)19(23)21-15-12-17(13-8-4-3-5-9-13)25-16-11-7-6-10-14(15)16/h3-11,15,17-18,22,24H,12H2,1-2H3,(H,21,23)/t15-,17+,18?/m1/s1. The number of para-hydroxylation sites is 1. The van der Waals surface area contributed by atoms with Crippen molar-refractivity contribution in [3.8, 4) is 5.75 Å². The third-order valence-corrected chi connectivity index (χ3v) is 4.42. The Bertz CT molecular complexity index is 739. The molecule has 5 nitrogen and oxygen atoms in total. The van der Waals surface area contributed by atoms with Gasteiger partial charge in [-0.3, -0.25) is 4.79 Å². The lowest BCUT2D eigenvalue weighted by atomic mass is 9.92. The Morgan fingerprint density at radius 3 is 2.48 bits per heavy atom. The number of hydrogen-bond acceptors (Lipinski definition) is 4. The molecule has 1 aliphatic heterocycles. The molecule has 0 saturated carbocycles. The van der Waals surface area contributed by atoms with Crippen LogP contribution in [0.1, 0.15) is 43.5 Å². The van der Waals surface area contributed by atoms with Crippen LogP contribution in [0.4, 0.5) is 0 Å². The van der Waals surface area contributed by atoms with E-state index in [-0.39, 0.29) is 12.1 Å². The second-order valence-corrected chi connectivity index (χ2v) is 6.91. The largest absolute Gasteiger partial charge is 0.485 e. The first-order chi connectivity index (χ1) is 11.9. The molecule has 3 atom stereocenters. The molecule has 0 fully saturated rings. The Morgan fingerprint density at radius 1 is 1.16 bits per heavy atom. The van der Waals surface area contributed by atoms with Crippen molar-refractivity contribution in [1.82, 2.24) is 5.32 Å². The normalized spacial score (nSPS) is 21.0. The van der Waals surface area contributed by atoms with Crippen molar-refractivity contribution < 1.29 is 19.7 Å². The molecule has 1 heterocycles. The Kier molecular flexibility index (Phi) is 4.79. The fraction of sp³-hybridized carbons (Fsp3) is 0.350. The molecule has 1 unspecified atom stereocenters. The van der Waals surface area contributed by atoms with E-state index < -0.39 is 17.6 Å². The molecule has 0 aliphatic carbocycles. The van der Waals surface area contributed by atoms with Crippen molar-refractivity contribution in [2.24, 2.45) is 0 Å². The van der Waals surface area contributed by atoms with Gasteiger partial charge in [-0.1, -0.05) is 48.5 Å². The molecule has 3 rings (SSSR count). The van der Waals surface area contributed by atoms with Crippen LogP contribution in [0, 0.1) is 0 Å². The highest BCUT2D eigenvalue weighted by Gasteiger charge is 2.35. The zero-order valence-corrected chi connectivity index (χ0v) is 14.3. The molecule has 0 bridgehead atoms. The van der Waals surface area contributed by atoms with E-state index in [1.807, 2.05) is 54.6 Å².